The summed E-state index contributed by atoms with van der Waals surface area (Å²) >= 11 is 12.3. The Morgan fingerprint density at radius 2 is 2.00 bits per heavy atom. The minimum atomic E-state index is 0.139. The van der Waals surface area contributed by atoms with Gasteiger partial charge in [0.15, 0.2) is 0 Å². The third-order valence-electron chi connectivity index (χ3n) is 5.73. The first-order chi connectivity index (χ1) is 13.2. The van der Waals surface area contributed by atoms with Crippen molar-refractivity contribution in [3.8, 4) is 6.07 Å². The zero-order valence-electron chi connectivity index (χ0n) is 17.1. The second-order valence-corrected chi connectivity index (χ2v) is 9.07. The summed E-state index contributed by atoms with van der Waals surface area (Å²) in [6.45, 7) is 12.2. The number of allylic oxidation sites excluding steroid dienone is 1. The molecule has 0 aliphatic carbocycles. The molecule has 0 saturated heterocycles. The molecule has 146 valence electrons. The van der Waals surface area contributed by atoms with E-state index < -0.39 is 0 Å². The third-order valence-corrected chi connectivity index (χ3v) is 6.28. The van der Waals surface area contributed by atoms with E-state index in [0.717, 1.165) is 24.1 Å². The van der Waals surface area contributed by atoms with E-state index in [2.05, 4.69) is 57.7 Å². The van der Waals surface area contributed by atoms with E-state index in [1.165, 1.54) is 11.3 Å². The largest absolute Gasteiger partial charge is 0.366 e. The van der Waals surface area contributed by atoms with Crippen molar-refractivity contribution in [3.05, 3.63) is 62.6 Å². The Morgan fingerprint density at radius 3 is 2.61 bits per heavy atom. The first kappa shape index (κ1) is 20.8. The summed E-state index contributed by atoms with van der Waals surface area (Å²) in [5.41, 5.74) is 6.25. The molecular weight excluding hydrogens is 387 g/mol. The number of hydrogen-bond donors (Lipinski definition) is 0. The number of fused-ring (bicyclic) bond motifs is 1. The van der Waals surface area contributed by atoms with Crippen molar-refractivity contribution in [2.75, 3.05) is 11.4 Å². The fraction of sp³-hybridized carbons (Fsp3) is 0.375. The van der Waals surface area contributed by atoms with Crippen LogP contribution in [0, 0.1) is 18.3 Å². The summed E-state index contributed by atoms with van der Waals surface area (Å²) in [5, 5.41) is 10.8. The number of aryl methyl sites for hydroxylation is 1. The summed E-state index contributed by atoms with van der Waals surface area (Å²) in [7, 11) is 0. The molecule has 0 spiro atoms. The number of nitriles is 1. The van der Waals surface area contributed by atoms with Crippen LogP contribution in [0.15, 0.2) is 30.3 Å². The molecule has 28 heavy (non-hydrogen) atoms. The minimum Gasteiger partial charge on any atom is -0.366 e. The topological polar surface area (TPSA) is 27.0 Å². The highest BCUT2D eigenvalue weighted by Crippen LogP contribution is 2.44. The van der Waals surface area contributed by atoms with E-state index >= 15 is 0 Å². The Labute approximate surface area is 178 Å². The van der Waals surface area contributed by atoms with Crippen LogP contribution in [-0.2, 0) is 0 Å². The Morgan fingerprint density at radius 1 is 1.29 bits per heavy atom. The van der Waals surface area contributed by atoms with Crippen molar-refractivity contribution in [3.63, 3.8) is 0 Å². The van der Waals surface area contributed by atoms with Gasteiger partial charge in [-0.2, -0.15) is 5.26 Å². The summed E-state index contributed by atoms with van der Waals surface area (Å²) in [5.74, 6) is 0.463. The molecule has 1 aliphatic heterocycles. The minimum absolute atomic E-state index is 0.139. The van der Waals surface area contributed by atoms with Crippen LogP contribution in [-0.4, -0.2) is 12.1 Å². The van der Waals surface area contributed by atoms with Gasteiger partial charge in [0.25, 0.3) is 0 Å². The zero-order valence-corrected chi connectivity index (χ0v) is 18.6. The number of rotatable bonds is 3. The van der Waals surface area contributed by atoms with Gasteiger partial charge >= 0.3 is 0 Å². The van der Waals surface area contributed by atoms with E-state index in [1.807, 2.05) is 6.08 Å². The van der Waals surface area contributed by atoms with E-state index in [1.54, 1.807) is 18.2 Å². The molecule has 3 rings (SSSR count). The van der Waals surface area contributed by atoms with Crippen LogP contribution in [0.2, 0.25) is 10.0 Å². The Kier molecular flexibility index (Phi) is 5.80. The molecule has 1 aliphatic rings. The smallest absolute Gasteiger partial charge is 0.0998 e. The monoisotopic (exact) mass is 412 g/mol. The number of benzene rings is 2. The summed E-state index contributed by atoms with van der Waals surface area (Å²) in [6.07, 6.45) is 3.04. The van der Waals surface area contributed by atoms with Crippen LogP contribution in [0.3, 0.4) is 0 Å². The normalized spacial score (nSPS) is 18.6. The summed E-state index contributed by atoms with van der Waals surface area (Å²) in [6, 6.07) is 12.0. The molecule has 2 aromatic rings. The maximum atomic E-state index is 9.75. The molecule has 1 unspecified atom stereocenters. The molecule has 0 aromatic heterocycles. The van der Waals surface area contributed by atoms with E-state index in [9.17, 15) is 5.26 Å². The number of anilines is 1. The highest BCUT2D eigenvalue weighted by molar-refractivity contribution is 6.36. The molecule has 4 heteroatoms. The van der Waals surface area contributed by atoms with Gasteiger partial charge in [0.2, 0.25) is 0 Å². The van der Waals surface area contributed by atoms with Gasteiger partial charge in [0.05, 0.1) is 16.7 Å². The maximum Gasteiger partial charge on any atom is 0.0998 e. The van der Waals surface area contributed by atoms with Crippen LogP contribution < -0.4 is 4.90 Å². The highest BCUT2D eigenvalue weighted by Gasteiger charge is 2.35. The molecule has 0 radical (unpaired) electrons. The van der Waals surface area contributed by atoms with Gasteiger partial charge in [-0.3, -0.25) is 0 Å². The van der Waals surface area contributed by atoms with Crippen LogP contribution in [0.5, 0.6) is 0 Å². The molecule has 2 aromatic carbocycles. The second kappa shape index (κ2) is 7.82. The van der Waals surface area contributed by atoms with E-state index in [0.29, 0.717) is 27.1 Å². The van der Waals surface area contributed by atoms with E-state index in [4.69, 9.17) is 23.2 Å². The molecule has 2 nitrogen and oxygen atoms in total. The van der Waals surface area contributed by atoms with Crippen LogP contribution >= 0.6 is 23.2 Å². The second-order valence-electron chi connectivity index (χ2n) is 8.22. The predicted octanol–water partition coefficient (Wildman–Crippen LogP) is 7.48. The van der Waals surface area contributed by atoms with Crippen LogP contribution in [0.4, 0.5) is 5.69 Å². The molecule has 1 atom stereocenters. The van der Waals surface area contributed by atoms with E-state index in [-0.39, 0.29) is 5.54 Å². The average Bonchev–Trinajstić information content (AvgIpc) is 2.60. The lowest BCUT2D eigenvalue weighted by Gasteiger charge is -2.47. The van der Waals surface area contributed by atoms with Crippen LogP contribution in [0.1, 0.15) is 62.3 Å². The molecule has 0 bridgehead atoms. The average molecular weight is 413 g/mol. The van der Waals surface area contributed by atoms with Gasteiger partial charge in [0.1, 0.15) is 0 Å². The van der Waals surface area contributed by atoms with Crippen molar-refractivity contribution in [2.24, 2.45) is 0 Å². The Bertz CT molecular complexity index is 983. The molecule has 1 heterocycles. The van der Waals surface area contributed by atoms with Gasteiger partial charge in [-0.25, -0.2) is 0 Å². The lowest BCUT2D eigenvalue weighted by atomic mass is 9.79. The molecule has 0 amide bonds. The lowest BCUT2D eigenvalue weighted by molar-refractivity contribution is 0.381. The third kappa shape index (κ3) is 3.79. The van der Waals surface area contributed by atoms with Crippen molar-refractivity contribution in [1.82, 2.24) is 0 Å². The molecule has 0 saturated carbocycles. The van der Waals surface area contributed by atoms with Crippen LogP contribution in [0.25, 0.3) is 11.6 Å². The summed E-state index contributed by atoms with van der Waals surface area (Å²) < 4.78 is 0. The van der Waals surface area contributed by atoms with Gasteiger partial charge in [-0.1, -0.05) is 36.2 Å². The Balaban J connectivity index is 2.13. The molecule has 0 N–H and O–H groups in total. The van der Waals surface area contributed by atoms with Crippen molar-refractivity contribution >= 4 is 40.5 Å². The summed E-state index contributed by atoms with van der Waals surface area (Å²) in [4.78, 5) is 2.49. The molecular formula is C24H26Cl2N2. The van der Waals surface area contributed by atoms with Gasteiger partial charge in [-0.05, 0) is 87.1 Å². The van der Waals surface area contributed by atoms with Gasteiger partial charge in [0, 0.05) is 28.4 Å². The van der Waals surface area contributed by atoms with Crippen molar-refractivity contribution < 1.29 is 0 Å². The SMILES string of the molecule is CCN1c2cc(C)c(/C=C(\C#N)c3ccc(Cl)cc3Cl)cc2C(C)CC1(C)C. The molecule has 0 fully saturated rings. The standard InChI is InChI=1S/C24H26Cl2N2/c1-6-28-23-9-15(2)17(11-21(23)16(3)13-24(28,4)5)10-18(14-27)20-8-7-19(25)12-22(20)26/h7-12,16H,6,13H2,1-5H3/b18-10+. The lowest BCUT2D eigenvalue weighted by Crippen LogP contribution is -2.48. The van der Waals surface area contributed by atoms with Crippen molar-refractivity contribution in [2.45, 2.75) is 52.5 Å². The van der Waals surface area contributed by atoms with Gasteiger partial charge in [-0.15, -0.1) is 0 Å². The quantitative estimate of drug-likeness (QED) is 0.385. The predicted molar refractivity (Wildman–Crippen MR) is 121 cm³/mol. The first-order valence-corrected chi connectivity index (χ1v) is 10.4. The highest BCUT2D eigenvalue weighted by atomic mass is 35.5. The van der Waals surface area contributed by atoms with Crippen molar-refractivity contribution in [1.29, 1.82) is 5.26 Å². The fourth-order valence-corrected chi connectivity index (χ4v) is 4.95. The Hall–Kier alpha value is -1.95. The van der Waals surface area contributed by atoms with Gasteiger partial charge < -0.3 is 4.90 Å². The number of hydrogen-bond acceptors (Lipinski definition) is 2. The first-order valence-electron chi connectivity index (χ1n) is 9.67. The number of nitrogens with zero attached hydrogens (tertiary/aromatic N) is 2. The zero-order chi connectivity index (χ0) is 20.6. The fourth-order valence-electron chi connectivity index (χ4n) is 4.44. The maximum absolute atomic E-state index is 9.75. The number of halogens is 2.